The van der Waals surface area contributed by atoms with Crippen molar-refractivity contribution in [1.29, 1.82) is 0 Å². The largest absolute Gasteiger partial charge is 0.480 e. The Balaban J connectivity index is 1.44. The molecule has 0 heterocycles. The molecule has 3 aromatic carbocycles. The minimum Gasteiger partial charge on any atom is -0.480 e. The van der Waals surface area contributed by atoms with Gasteiger partial charge in [0.05, 0.1) is 0 Å². The van der Waals surface area contributed by atoms with E-state index < -0.39 is 18.1 Å². The molecular weight excluding hydrogens is 380 g/mol. The summed E-state index contributed by atoms with van der Waals surface area (Å²) in [5.74, 6) is -1.23. The third-order valence-electron chi connectivity index (χ3n) is 5.41. The molecule has 6 nitrogen and oxygen atoms in total. The molecule has 4 N–H and O–H groups in total. The number of carboxylic acids is 1. The van der Waals surface area contributed by atoms with Crippen LogP contribution in [-0.4, -0.2) is 29.8 Å². The Labute approximate surface area is 174 Å². The molecule has 6 heteroatoms. The van der Waals surface area contributed by atoms with Crippen LogP contribution in [0.3, 0.4) is 0 Å². The molecular formula is C24H22N2O4. The smallest absolute Gasteiger partial charge is 0.407 e. The Morgan fingerprint density at radius 2 is 1.50 bits per heavy atom. The minimum absolute atomic E-state index is 0.0756. The van der Waals surface area contributed by atoms with Crippen LogP contribution in [0.15, 0.2) is 72.8 Å². The minimum atomic E-state index is -1.15. The Bertz CT molecular complexity index is 1050. The van der Waals surface area contributed by atoms with Gasteiger partial charge in [-0.1, -0.05) is 66.7 Å². The lowest BCUT2D eigenvalue weighted by Gasteiger charge is -2.18. The van der Waals surface area contributed by atoms with Crippen LogP contribution in [0.2, 0.25) is 0 Å². The predicted octanol–water partition coefficient (Wildman–Crippen LogP) is 3.80. The second-order valence-electron chi connectivity index (χ2n) is 7.26. The van der Waals surface area contributed by atoms with Crippen LogP contribution >= 0.6 is 0 Å². The van der Waals surface area contributed by atoms with Gasteiger partial charge in [0.2, 0.25) is 0 Å². The summed E-state index contributed by atoms with van der Waals surface area (Å²) in [6, 6.07) is 21.9. The number of para-hydroxylation sites is 1. The van der Waals surface area contributed by atoms with E-state index in [9.17, 15) is 14.7 Å². The Hall–Kier alpha value is -3.80. The monoisotopic (exact) mass is 402 g/mol. The number of hydrogen-bond acceptors (Lipinski definition) is 4. The van der Waals surface area contributed by atoms with E-state index in [1.54, 1.807) is 24.3 Å². The third-order valence-corrected chi connectivity index (χ3v) is 5.41. The number of alkyl carbamates (subject to hydrolysis) is 1. The maximum atomic E-state index is 12.4. The Kier molecular flexibility index (Phi) is 5.39. The van der Waals surface area contributed by atoms with Gasteiger partial charge in [-0.05, 0) is 33.9 Å². The SMILES string of the molecule is Nc1ccccc1C[C@H](NC(=O)OCC1c2ccccc2-c2ccccc21)C(=O)O. The van der Waals surface area contributed by atoms with Gasteiger partial charge in [0.1, 0.15) is 12.6 Å². The summed E-state index contributed by atoms with van der Waals surface area (Å²) in [6.45, 7) is 0.125. The van der Waals surface area contributed by atoms with Gasteiger partial charge in [0, 0.05) is 18.0 Å². The molecule has 1 aliphatic carbocycles. The molecule has 1 aliphatic rings. The van der Waals surface area contributed by atoms with Crippen molar-refractivity contribution in [3.05, 3.63) is 89.5 Å². The average Bonchev–Trinajstić information content (AvgIpc) is 3.07. The first-order valence-electron chi connectivity index (χ1n) is 9.72. The molecule has 0 bridgehead atoms. The number of aliphatic carboxylic acids is 1. The predicted molar refractivity (Wildman–Crippen MR) is 114 cm³/mol. The van der Waals surface area contributed by atoms with E-state index in [-0.39, 0.29) is 18.9 Å². The first kappa shape index (κ1) is 19.5. The standard InChI is InChI=1S/C24H22N2O4/c25-21-12-6-1-7-15(21)13-22(23(27)28)26-24(29)30-14-20-18-10-4-2-8-16(18)17-9-3-5-11-19(17)20/h1-12,20,22H,13-14,25H2,(H,26,29)(H,27,28)/t22-/m0/s1. The maximum Gasteiger partial charge on any atom is 0.407 e. The first-order chi connectivity index (χ1) is 14.5. The van der Waals surface area contributed by atoms with Crippen LogP contribution in [0.4, 0.5) is 10.5 Å². The second-order valence-corrected chi connectivity index (χ2v) is 7.26. The molecule has 1 amide bonds. The van der Waals surface area contributed by atoms with Crippen LogP contribution in [0.25, 0.3) is 11.1 Å². The molecule has 0 aliphatic heterocycles. The highest BCUT2D eigenvalue weighted by atomic mass is 16.5. The third kappa shape index (κ3) is 3.85. The number of rotatable bonds is 6. The average molecular weight is 402 g/mol. The normalized spacial score (nSPS) is 13.2. The van der Waals surface area contributed by atoms with Gasteiger partial charge < -0.3 is 20.9 Å². The number of carbonyl (C=O) groups excluding carboxylic acids is 1. The molecule has 0 aromatic heterocycles. The number of anilines is 1. The number of carbonyl (C=O) groups is 2. The fourth-order valence-corrected chi connectivity index (χ4v) is 3.92. The number of benzene rings is 3. The number of hydrogen-bond donors (Lipinski definition) is 3. The Morgan fingerprint density at radius 1 is 0.933 bits per heavy atom. The topological polar surface area (TPSA) is 102 Å². The van der Waals surface area contributed by atoms with Gasteiger partial charge in [0.25, 0.3) is 0 Å². The number of nitrogens with one attached hydrogen (secondary N) is 1. The summed E-state index contributed by atoms with van der Waals surface area (Å²) in [4.78, 5) is 24.0. The molecule has 4 rings (SSSR count). The van der Waals surface area contributed by atoms with E-state index in [4.69, 9.17) is 10.5 Å². The molecule has 0 radical (unpaired) electrons. The summed E-state index contributed by atoms with van der Waals surface area (Å²) < 4.78 is 5.44. The quantitative estimate of drug-likeness (QED) is 0.544. The highest BCUT2D eigenvalue weighted by molar-refractivity contribution is 5.81. The lowest BCUT2D eigenvalue weighted by atomic mass is 9.98. The van der Waals surface area contributed by atoms with Crippen molar-refractivity contribution in [2.24, 2.45) is 0 Å². The van der Waals surface area contributed by atoms with Crippen LogP contribution in [-0.2, 0) is 16.0 Å². The number of nitrogens with two attached hydrogens (primary N) is 1. The molecule has 0 unspecified atom stereocenters. The van der Waals surface area contributed by atoms with Crippen LogP contribution in [0, 0.1) is 0 Å². The fourth-order valence-electron chi connectivity index (χ4n) is 3.92. The number of carboxylic acid groups (broad SMARTS) is 1. The lowest BCUT2D eigenvalue weighted by Crippen LogP contribution is -2.43. The molecule has 1 atom stereocenters. The first-order valence-corrected chi connectivity index (χ1v) is 9.72. The van der Waals surface area contributed by atoms with E-state index in [2.05, 4.69) is 17.4 Å². The zero-order valence-corrected chi connectivity index (χ0v) is 16.2. The van der Waals surface area contributed by atoms with Crippen LogP contribution in [0.1, 0.15) is 22.6 Å². The molecule has 0 fully saturated rings. The summed E-state index contributed by atoms with van der Waals surface area (Å²) in [5.41, 5.74) is 11.5. The van der Waals surface area contributed by atoms with E-state index in [0.29, 0.717) is 11.3 Å². The van der Waals surface area contributed by atoms with Crippen LogP contribution in [0.5, 0.6) is 0 Å². The van der Waals surface area contributed by atoms with Crippen molar-refractivity contribution in [1.82, 2.24) is 5.32 Å². The van der Waals surface area contributed by atoms with E-state index in [1.165, 1.54) is 0 Å². The molecule has 0 saturated heterocycles. The summed E-state index contributed by atoms with van der Waals surface area (Å²) in [6.07, 6.45) is -0.689. The van der Waals surface area contributed by atoms with Gasteiger partial charge in [0.15, 0.2) is 0 Å². The number of nitrogen functional groups attached to an aromatic ring is 1. The van der Waals surface area contributed by atoms with Crippen molar-refractivity contribution < 1.29 is 19.4 Å². The van der Waals surface area contributed by atoms with Gasteiger partial charge in [-0.3, -0.25) is 0 Å². The van der Waals surface area contributed by atoms with E-state index >= 15 is 0 Å². The van der Waals surface area contributed by atoms with Crippen molar-refractivity contribution in [3.63, 3.8) is 0 Å². The highest BCUT2D eigenvalue weighted by Crippen LogP contribution is 2.44. The van der Waals surface area contributed by atoms with Gasteiger partial charge in [-0.15, -0.1) is 0 Å². The van der Waals surface area contributed by atoms with Crippen LogP contribution < -0.4 is 11.1 Å². The molecule has 152 valence electrons. The van der Waals surface area contributed by atoms with Crippen molar-refractivity contribution >= 4 is 17.7 Å². The Morgan fingerprint density at radius 3 is 2.10 bits per heavy atom. The highest BCUT2D eigenvalue weighted by Gasteiger charge is 2.29. The number of fused-ring (bicyclic) bond motifs is 3. The summed E-state index contributed by atoms with van der Waals surface area (Å²) in [5, 5.41) is 12.0. The molecule has 30 heavy (non-hydrogen) atoms. The fraction of sp³-hybridized carbons (Fsp3) is 0.167. The van der Waals surface area contributed by atoms with Gasteiger partial charge >= 0.3 is 12.1 Å². The van der Waals surface area contributed by atoms with Gasteiger partial charge in [-0.2, -0.15) is 0 Å². The zero-order chi connectivity index (χ0) is 21.1. The number of ether oxygens (including phenoxy) is 1. The van der Waals surface area contributed by atoms with Crippen molar-refractivity contribution in [2.75, 3.05) is 12.3 Å². The van der Waals surface area contributed by atoms with E-state index in [1.807, 2.05) is 36.4 Å². The van der Waals surface area contributed by atoms with E-state index in [0.717, 1.165) is 22.3 Å². The summed E-state index contributed by atoms with van der Waals surface area (Å²) in [7, 11) is 0. The summed E-state index contributed by atoms with van der Waals surface area (Å²) >= 11 is 0. The molecule has 3 aromatic rings. The van der Waals surface area contributed by atoms with Crippen molar-refractivity contribution in [2.45, 2.75) is 18.4 Å². The lowest BCUT2D eigenvalue weighted by molar-refractivity contribution is -0.139. The molecule has 0 saturated carbocycles. The molecule has 0 spiro atoms. The van der Waals surface area contributed by atoms with Crippen molar-refractivity contribution in [3.8, 4) is 11.1 Å². The number of amides is 1. The second kappa shape index (κ2) is 8.29. The van der Waals surface area contributed by atoms with Gasteiger partial charge in [-0.25, -0.2) is 9.59 Å². The maximum absolute atomic E-state index is 12.4. The zero-order valence-electron chi connectivity index (χ0n) is 16.2.